The molecule has 164 valence electrons. The van der Waals surface area contributed by atoms with E-state index < -0.39 is 17.7 Å². The molecule has 2 aromatic carbocycles. The summed E-state index contributed by atoms with van der Waals surface area (Å²) in [6.07, 6.45) is 3.68. The molecule has 4 rings (SSSR count). The maximum atomic E-state index is 13.8. The van der Waals surface area contributed by atoms with Gasteiger partial charge in [-0.05, 0) is 40.5 Å². The number of hydrogen-bond acceptors (Lipinski definition) is 3. The minimum atomic E-state index is -0.697. The van der Waals surface area contributed by atoms with Gasteiger partial charge in [-0.15, -0.1) is 0 Å². The summed E-state index contributed by atoms with van der Waals surface area (Å²) in [4.78, 5) is 33.4. The second-order valence-electron chi connectivity index (χ2n) is 7.92. The number of piperazine rings is 1. The third kappa shape index (κ3) is 4.66. The van der Waals surface area contributed by atoms with Crippen LogP contribution in [0.1, 0.15) is 11.1 Å². The van der Waals surface area contributed by atoms with Crippen molar-refractivity contribution < 1.29 is 18.4 Å². The zero-order chi connectivity index (χ0) is 22.7. The number of pyridine rings is 1. The van der Waals surface area contributed by atoms with Crippen LogP contribution in [0.4, 0.5) is 8.78 Å². The molecule has 0 radical (unpaired) electrons. The van der Waals surface area contributed by atoms with Gasteiger partial charge in [-0.2, -0.15) is 0 Å². The van der Waals surface area contributed by atoms with E-state index in [4.69, 9.17) is 0 Å². The highest BCUT2D eigenvalue weighted by molar-refractivity contribution is 5.90. The zero-order valence-corrected chi connectivity index (χ0v) is 17.7. The average molecular weight is 435 g/mol. The summed E-state index contributed by atoms with van der Waals surface area (Å²) in [5.74, 6) is -1.65. The van der Waals surface area contributed by atoms with Crippen molar-refractivity contribution in [2.45, 2.75) is 18.9 Å². The number of carbonyl (C=O) groups excluding carboxylic acids is 2. The van der Waals surface area contributed by atoms with E-state index in [-0.39, 0.29) is 24.7 Å². The summed E-state index contributed by atoms with van der Waals surface area (Å²) in [6.45, 7) is 0.869. The van der Waals surface area contributed by atoms with Crippen LogP contribution < -0.4 is 0 Å². The molecule has 1 aromatic heterocycles. The van der Waals surface area contributed by atoms with E-state index in [0.717, 1.165) is 17.2 Å². The molecule has 7 heteroatoms. The molecule has 1 aliphatic rings. The number of aromatic nitrogens is 1. The van der Waals surface area contributed by atoms with Crippen molar-refractivity contribution in [2.75, 3.05) is 20.1 Å². The van der Waals surface area contributed by atoms with Crippen molar-refractivity contribution in [2.24, 2.45) is 0 Å². The lowest BCUT2D eigenvalue weighted by molar-refractivity contribution is -0.149. The lowest BCUT2D eigenvalue weighted by atomic mass is 9.93. The number of halogens is 2. The smallest absolute Gasteiger partial charge is 0.245 e. The lowest BCUT2D eigenvalue weighted by Gasteiger charge is -2.39. The first-order valence-electron chi connectivity index (χ1n) is 10.4. The Morgan fingerprint density at radius 3 is 2.53 bits per heavy atom. The van der Waals surface area contributed by atoms with Gasteiger partial charge in [0.25, 0.3) is 0 Å². The molecule has 3 aromatic rings. The number of likely N-dealkylation sites (N-methyl/N-ethyl adjacent to an activating group) is 1. The first kappa shape index (κ1) is 21.6. The normalized spacial score (nSPS) is 16.3. The van der Waals surface area contributed by atoms with Gasteiger partial charge in [0.2, 0.25) is 11.8 Å². The molecule has 32 heavy (non-hydrogen) atoms. The number of benzene rings is 2. The summed E-state index contributed by atoms with van der Waals surface area (Å²) in [7, 11) is 1.71. The summed E-state index contributed by atoms with van der Waals surface area (Å²) in [5.41, 5.74) is 2.54. The highest BCUT2D eigenvalue weighted by atomic mass is 19.1. The predicted molar refractivity (Wildman–Crippen MR) is 117 cm³/mol. The predicted octanol–water partition coefficient (Wildman–Crippen LogP) is 3.48. The van der Waals surface area contributed by atoms with Crippen LogP contribution in [0.25, 0.3) is 11.1 Å². The van der Waals surface area contributed by atoms with E-state index in [1.54, 1.807) is 47.4 Å². The molecule has 2 amide bonds. The van der Waals surface area contributed by atoms with E-state index in [9.17, 15) is 18.4 Å². The monoisotopic (exact) mass is 435 g/mol. The number of rotatable bonds is 5. The highest BCUT2D eigenvalue weighted by Crippen LogP contribution is 2.28. The van der Waals surface area contributed by atoms with Gasteiger partial charge in [-0.25, -0.2) is 8.78 Å². The average Bonchev–Trinajstić information content (AvgIpc) is 2.77. The molecule has 1 fully saturated rings. The minimum absolute atomic E-state index is 0.151. The van der Waals surface area contributed by atoms with Crippen molar-refractivity contribution >= 4 is 11.8 Å². The van der Waals surface area contributed by atoms with Crippen LogP contribution in [0.15, 0.2) is 67.0 Å². The highest BCUT2D eigenvalue weighted by Gasteiger charge is 2.36. The Hall–Kier alpha value is -3.61. The summed E-state index contributed by atoms with van der Waals surface area (Å²) in [5, 5.41) is 0. The molecule has 1 atom stereocenters. The second kappa shape index (κ2) is 9.26. The maximum absolute atomic E-state index is 13.8. The Kier molecular flexibility index (Phi) is 6.25. The molecule has 5 nitrogen and oxygen atoms in total. The molecular formula is C25H23F2N3O2. The van der Waals surface area contributed by atoms with Crippen molar-refractivity contribution in [3.63, 3.8) is 0 Å². The fraction of sp³-hybridized carbons (Fsp3) is 0.240. The molecule has 0 N–H and O–H groups in total. The Balaban J connectivity index is 1.64. The van der Waals surface area contributed by atoms with E-state index >= 15 is 0 Å². The minimum Gasteiger partial charge on any atom is -0.342 e. The fourth-order valence-electron chi connectivity index (χ4n) is 4.08. The molecular weight excluding hydrogens is 412 g/mol. The van der Waals surface area contributed by atoms with Gasteiger partial charge in [0.15, 0.2) is 0 Å². The van der Waals surface area contributed by atoms with Crippen LogP contribution in [0, 0.1) is 11.6 Å². The van der Waals surface area contributed by atoms with E-state index in [0.29, 0.717) is 24.2 Å². The van der Waals surface area contributed by atoms with Crippen molar-refractivity contribution in [3.05, 3.63) is 89.8 Å². The van der Waals surface area contributed by atoms with Crippen molar-refractivity contribution in [1.29, 1.82) is 0 Å². The summed E-state index contributed by atoms with van der Waals surface area (Å²) < 4.78 is 27.7. The molecule has 2 heterocycles. The largest absolute Gasteiger partial charge is 0.342 e. The maximum Gasteiger partial charge on any atom is 0.245 e. The van der Waals surface area contributed by atoms with Gasteiger partial charge in [-0.3, -0.25) is 14.6 Å². The van der Waals surface area contributed by atoms with Gasteiger partial charge in [-0.1, -0.05) is 30.3 Å². The van der Waals surface area contributed by atoms with Crippen LogP contribution in [0.2, 0.25) is 0 Å². The van der Waals surface area contributed by atoms with Crippen molar-refractivity contribution in [3.8, 4) is 11.1 Å². The molecule has 0 saturated carbocycles. The van der Waals surface area contributed by atoms with Crippen LogP contribution in [0.3, 0.4) is 0 Å². The number of nitrogens with zero attached hydrogens (tertiary/aromatic N) is 3. The first-order valence-corrected chi connectivity index (χ1v) is 10.4. The zero-order valence-electron chi connectivity index (χ0n) is 17.7. The summed E-state index contributed by atoms with van der Waals surface area (Å²) in [6, 6.07) is 13.4. The molecule has 0 unspecified atom stereocenters. The lowest BCUT2D eigenvalue weighted by Crippen LogP contribution is -2.58. The first-order chi connectivity index (χ1) is 15.4. The standard InChI is InChI=1S/C25H23F2N3O2/c1-29-9-10-30(24(31)11-17-5-4-8-28-16-17)23(25(29)32)14-18-6-2-3-7-22(18)19-12-20(26)15-21(27)13-19/h2-8,12-13,15-16,23H,9-11,14H2,1H3/t23-/m1/s1. The topological polar surface area (TPSA) is 53.5 Å². The molecule has 1 saturated heterocycles. The molecule has 0 aliphatic carbocycles. The van der Waals surface area contributed by atoms with E-state index in [2.05, 4.69) is 4.98 Å². The van der Waals surface area contributed by atoms with E-state index in [1.807, 2.05) is 18.2 Å². The van der Waals surface area contributed by atoms with Crippen LogP contribution in [0.5, 0.6) is 0 Å². The fourth-order valence-corrected chi connectivity index (χ4v) is 4.08. The molecule has 0 spiro atoms. The number of hydrogen-bond donors (Lipinski definition) is 0. The number of carbonyl (C=O) groups is 2. The second-order valence-corrected chi connectivity index (χ2v) is 7.92. The Morgan fingerprint density at radius 2 is 1.81 bits per heavy atom. The van der Waals surface area contributed by atoms with Crippen LogP contribution in [-0.2, 0) is 22.4 Å². The van der Waals surface area contributed by atoms with Gasteiger partial charge >= 0.3 is 0 Å². The third-order valence-electron chi connectivity index (χ3n) is 5.72. The molecule has 1 aliphatic heterocycles. The SMILES string of the molecule is CN1CCN(C(=O)Cc2cccnc2)[C@H](Cc2ccccc2-c2cc(F)cc(F)c2)C1=O. The Labute approximate surface area is 185 Å². The summed E-state index contributed by atoms with van der Waals surface area (Å²) >= 11 is 0. The van der Waals surface area contributed by atoms with Gasteiger partial charge in [0, 0.05) is 45.0 Å². The van der Waals surface area contributed by atoms with E-state index in [1.165, 1.54) is 12.1 Å². The quantitative estimate of drug-likeness (QED) is 0.617. The van der Waals surface area contributed by atoms with Gasteiger partial charge in [0.05, 0.1) is 6.42 Å². The molecule has 0 bridgehead atoms. The van der Waals surface area contributed by atoms with Gasteiger partial charge < -0.3 is 9.80 Å². The van der Waals surface area contributed by atoms with Crippen molar-refractivity contribution in [1.82, 2.24) is 14.8 Å². The Bertz CT molecular complexity index is 1120. The Morgan fingerprint density at radius 1 is 1.06 bits per heavy atom. The third-order valence-corrected chi connectivity index (χ3v) is 5.72. The number of amides is 2. The van der Waals surface area contributed by atoms with Gasteiger partial charge in [0.1, 0.15) is 17.7 Å². The van der Waals surface area contributed by atoms with Crippen LogP contribution in [-0.4, -0.2) is 52.8 Å². The van der Waals surface area contributed by atoms with Crippen LogP contribution >= 0.6 is 0 Å².